The Bertz CT molecular complexity index is 790. The minimum Gasteiger partial charge on any atom is -0.342 e. The summed E-state index contributed by atoms with van der Waals surface area (Å²) in [5.74, 6) is 0.610. The van der Waals surface area contributed by atoms with E-state index >= 15 is 0 Å². The molecule has 3 heterocycles. The first-order valence-corrected chi connectivity index (χ1v) is 9.37. The van der Waals surface area contributed by atoms with Gasteiger partial charge < -0.3 is 9.80 Å². The quantitative estimate of drug-likeness (QED) is 0.626. The van der Waals surface area contributed by atoms with Crippen molar-refractivity contribution >= 4 is 33.5 Å². The second kappa shape index (κ2) is 4.97. The highest BCUT2D eigenvalue weighted by Crippen LogP contribution is 2.50. The standard InChI is InChI=1S/C19H20BrN3/c1-12-4-2-7-15-16(12)23-11-9-21-19(20)18(23)14-6-3-5-13-8-10-22(15)17(13)14/h3,5-6,9,12H,2,4,7-8,10-11H2,1H3. The zero-order valence-corrected chi connectivity index (χ0v) is 14.9. The van der Waals surface area contributed by atoms with E-state index in [9.17, 15) is 0 Å². The zero-order chi connectivity index (χ0) is 15.6. The number of anilines is 1. The molecule has 4 heteroatoms. The minimum atomic E-state index is 0.610. The molecule has 0 saturated heterocycles. The van der Waals surface area contributed by atoms with Crippen molar-refractivity contribution in [3.63, 3.8) is 0 Å². The van der Waals surface area contributed by atoms with E-state index in [1.165, 1.54) is 47.5 Å². The summed E-state index contributed by atoms with van der Waals surface area (Å²) in [6.45, 7) is 4.39. The highest BCUT2D eigenvalue weighted by molar-refractivity contribution is 9.11. The number of hydrogen-bond donors (Lipinski definition) is 0. The number of para-hydroxylation sites is 1. The van der Waals surface area contributed by atoms with Gasteiger partial charge in [-0.15, -0.1) is 0 Å². The smallest absolute Gasteiger partial charge is 0.130 e. The summed E-state index contributed by atoms with van der Waals surface area (Å²) >= 11 is 3.73. The van der Waals surface area contributed by atoms with Gasteiger partial charge in [0.2, 0.25) is 0 Å². The SMILES string of the molecule is CC1CCCC2=C1N1CC=NC(Br)=C1c1cccc3c1N2CC3. The molecule has 1 aromatic rings. The van der Waals surface area contributed by atoms with Crippen molar-refractivity contribution in [2.24, 2.45) is 10.9 Å². The van der Waals surface area contributed by atoms with Crippen LogP contribution in [0.2, 0.25) is 0 Å². The van der Waals surface area contributed by atoms with E-state index in [0.29, 0.717) is 5.92 Å². The molecule has 1 atom stereocenters. The predicted octanol–water partition coefficient (Wildman–Crippen LogP) is 4.50. The second-order valence-corrected chi connectivity index (χ2v) is 7.65. The van der Waals surface area contributed by atoms with Crippen molar-refractivity contribution in [3.8, 4) is 0 Å². The lowest BCUT2D eigenvalue weighted by atomic mass is 9.90. The average molecular weight is 370 g/mol. The summed E-state index contributed by atoms with van der Waals surface area (Å²) in [5.41, 5.74) is 8.59. The fourth-order valence-corrected chi connectivity index (χ4v) is 5.25. The molecule has 1 aliphatic carbocycles. The van der Waals surface area contributed by atoms with E-state index < -0.39 is 0 Å². The van der Waals surface area contributed by atoms with Gasteiger partial charge in [0.15, 0.2) is 0 Å². The molecule has 23 heavy (non-hydrogen) atoms. The number of hydrogen-bond acceptors (Lipinski definition) is 3. The van der Waals surface area contributed by atoms with E-state index in [0.717, 1.165) is 24.1 Å². The van der Waals surface area contributed by atoms with Crippen LogP contribution < -0.4 is 4.90 Å². The van der Waals surface area contributed by atoms with Gasteiger partial charge in [-0.2, -0.15) is 0 Å². The van der Waals surface area contributed by atoms with E-state index in [1.807, 2.05) is 6.21 Å². The van der Waals surface area contributed by atoms with Crippen LogP contribution in [0.15, 0.2) is 39.2 Å². The lowest BCUT2D eigenvalue weighted by molar-refractivity contribution is 0.402. The molecule has 1 unspecified atom stereocenters. The number of benzene rings is 1. The molecule has 0 radical (unpaired) electrons. The van der Waals surface area contributed by atoms with Crippen LogP contribution in [0.5, 0.6) is 0 Å². The number of allylic oxidation sites excluding steroid dienone is 2. The van der Waals surface area contributed by atoms with Crippen LogP contribution in [0.1, 0.15) is 37.3 Å². The highest BCUT2D eigenvalue weighted by atomic mass is 79.9. The molecule has 0 fully saturated rings. The van der Waals surface area contributed by atoms with Gasteiger partial charge in [-0.1, -0.05) is 25.1 Å². The molecular weight excluding hydrogens is 350 g/mol. The third kappa shape index (κ3) is 1.84. The fourth-order valence-electron chi connectivity index (χ4n) is 4.68. The monoisotopic (exact) mass is 369 g/mol. The Morgan fingerprint density at radius 3 is 3.04 bits per heavy atom. The Morgan fingerprint density at radius 1 is 1.22 bits per heavy atom. The van der Waals surface area contributed by atoms with Gasteiger partial charge >= 0.3 is 0 Å². The first-order chi connectivity index (χ1) is 11.3. The van der Waals surface area contributed by atoms with Crippen LogP contribution in [-0.4, -0.2) is 24.2 Å². The Morgan fingerprint density at radius 2 is 2.13 bits per heavy atom. The van der Waals surface area contributed by atoms with Crippen molar-refractivity contribution < 1.29 is 0 Å². The number of aliphatic imine (C=N–C) groups is 1. The first-order valence-electron chi connectivity index (χ1n) is 8.58. The van der Waals surface area contributed by atoms with E-state index in [2.05, 4.69) is 55.8 Å². The molecule has 3 aliphatic heterocycles. The summed E-state index contributed by atoms with van der Waals surface area (Å²) in [5, 5.41) is 0. The maximum atomic E-state index is 4.58. The van der Waals surface area contributed by atoms with E-state index in [1.54, 1.807) is 5.70 Å². The molecule has 118 valence electrons. The van der Waals surface area contributed by atoms with Crippen molar-refractivity contribution in [3.05, 3.63) is 45.3 Å². The van der Waals surface area contributed by atoms with Gasteiger partial charge in [-0.05, 0) is 53.1 Å². The normalized spacial score (nSPS) is 25.4. The Hall–Kier alpha value is -1.55. The Kier molecular flexibility index (Phi) is 2.99. The van der Waals surface area contributed by atoms with Gasteiger partial charge in [0, 0.05) is 29.7 Å². The molecule has 0 spiro atoms. The molecule has 0 saturated carbocycles. The molecule has 3 nitrogen and oxygen atoms in total. The number of nitrogens with zero attached hydrogens (tertiary/aromatic N) is 3. The van der Waals surface area contributed by atoms with Gasteiger partial charge in [-0.25, -0.2) is 4.99 Å². The largest absolute Gasteiger partial charge is 0.342 e. The predicted molar refractivity (Wildman–Crippen MR) is 98.6 cm³/mol. The molecule has 0 N–H and O–H groups in total. The van der Waals surface area contributed by atoms with Gasteiger partial charge in [-0.3, -0.25) is 0 Å². The number of halogens is 1. The lowest BCUT2D eigenvalue weighted by Gasteiger charge is -2.37. The second-order valence-electron chi connectivity index (χ2n) is 6.90. The molecular formula is C19H20BrN3. The third-order valence-electron chi connectivity index (χ3n) is 5.61. The van der Waals surface area contributed by atoms with Gasteiger partial charge in [0.1, 0.15) is 4.61 Å². The molecule has 4 aliphatic rings. The van der Waals surface area contributed by atoms with E-state index in [4.69, 9.17) is 0 Å². The van der Waals surface area contributed by atoms with Crippen LogP contribution in [0.25, 0.3) is 5.70 Å². The fraction of sp³-hybridized carbons (Fsp3) is 0.421. The Labute approximate surface area is 145 Å². The summed E-state index contributed by atoms with van der Waals surface area (Å²) in [6.07, 6.45) is 6.98. The summed E-state index contributed by atoms with van der Waals surface area (Å²) in [6, 6.07) is 6.77. The summed E-state index contributed by atoms with van der Waals surface area (Å²) < 4.78 is 0.968. The van der Waals surface area contributed by atoms with Crippen LogP contribution in [0.4, 0.5) is 5.69 Å². The molecule has 0 aromatic heterocycles. The summed E-state index contributed by atoms with van der Waals surface area (Å²) in [7, 11) is 0. The topological polar surface area (TPSA) is 18.8 Å². The molecule has 0 bridgehead atoms. The summed E-state index contributed by atoms with van der Waals surface area (Å²) in [4.78, 5) is 9.71. The highest BCUT2D eigenvalue weighted by Gasteiger charge is 2.38. The van der Waals surface area contributed by atoms with Crippen LogP contribution in [0.3, 0.4) is 0 Å². The van der Waals surface area contributed by atoms with Crippen molar-refractivity contribution in [2.75, 3.05) is 18.0 Å². The van der Waals surface area contributed by atoms with Crippen molar-refractivity contribution in [1.82, 2.24) is 4.90 Å². The van der Waals surface area contributed by atoms with Crippen LogP contribution >= 0.6 is 15.9 Å². The average Bonchev–Trinajstić information content (AvgIpc) is 2.93. The minimum absolute atomic E-state index is 0.610. The van der Waals surface area contributed by atoms with Crippen LogP contribution in [0, 0.1) is 5.92 Å². The van der Waals surface area contributed by atoms with Crippen LogP contribution in [-0.2, 0) is 6.42 Å². The van der Waals surface area contributed by atoms with Gasteiger partial charge in [0.05, 0.1) is 17.9 Å². The van der Waals surface area contributed by atoms with E-state index in [-0.39, 0.29) is 0 Å². The van der Waals surface area contributed by atoms with Gasteiger partial charge in [0.25, 0.3) is 0 Å². The third-order valence-corrected chi connectivity index (χ3v) is 6.19. The number of rotatable bonds is 0. The zero-order valence-electron chi connectivity index (χ0n) is 13.3. The molecule has 5 rings (SSSR count). The number of fused-ring (bicyclic) bond motifs is 4. The molecule has 0 amide bonds. The molecule has 1 aromatic carbocycles. The first kappa shape index (κ1) is 13.8. The van der Waals surface area contributed by atoms with Crippen molar-refractivity contribution in [2.45, 2.75) is 32.6 Å². The maximum Gasteiger partial charge on any atom is 0.130 e. The lowest BCUT2D eigenvalue weighted by Crippen LogP contribution is -2.33. The Balaban J connectivity index is 1.86. The van der Waals surface area contributed by atoms with Crippen molar-refractivity contribution in [1.29, 1.82) is 0 Å². The maximum absolute atomic E-state index is 4.58.